The minimum Gasteiger partial charge on any atom is -0.506 e. The predicted molar refractivity (Wildman–Crippen MR) is 46.1 cm³/mol. The van der Waals surface area contributed by atoms with E-state index < -0.39 is 16.2 Å². The van der Waals surface area contributed by atoms with Crippen molar-refractivity contribution in [3.63, 3.8) is 0 Å². The molecule has 1 atom stereocenters. The van der Waals surface area contributed by atoms with Gasteiger partial charge in [-0.05, 0) is 12.2 Å². The van der Waals surface area contributed by atoms with E-state index in [4.69, 9.17) is 10.8 Å². The van der Waals surface area contributed by atoms with Crippen LogP contribution >= 0.6 is 0 Å². The molecule has 0 aliphatic heterocycles. The molecule has 0 saturated heterocycles. The van der Waals surface area contributed by atoms with Crippen molar-refractivity contribution in [1.29, 1.82) is 0 Å². The summed E-state index contributed by atoms with van der Waals surface area (Å²) < 4.78 is 21.1. The van der Waals surface area contributed by atoms with Gasteiger partial charge in [-0.3, -0.25) is 0 Å². The van der Waals surface area contributed by atoms with Crippen molar-refractivity contribution in [2.24, 2.45) is 11.7 Å². The number of allylic oxidation sites excluding steroid dienone is 3. The van der Waals surface area contributed by atoms with Crippen LogP contribution in [0.2, 0.25) is 0 Å². The lowest BCUT2D eigenvalue weighted by Gasteiger charge is -2.14. The van der Waals surface area contributed by atoms with E-state index in [-0.39, 0.29) is 16.3 Å². The maximum atomic E-state index is 10.6. The van der Waals surface area contributed by atoms with E-state index in [0.29, 0.717) is 0 Å². The molecule has 0 aromatic rings. The van der Waals surface area contributed by atoms with Crippen LogP contribution < -0.4 is 5.73 Å². The van der Waals surface area contributed by atoms with Crippen molar-refractivity contribution in [2.75, 3.05) is 0 Å². The molecule has 0 saturated carbocycles. The van der Waals surface area contributed by atoms with Crippen molar-refractivity contribution in [3.8, 4) is 0 Å². The molecule has 1 unspecified atom stereocenters. The molecule has 1 aliphatic rings. The van der Waals surface area contributed by atoms with E-state index in [1.807, 2.05) is 0 Å². The molecule has 1 aliphatic carbocycles. The average Bonchev–Trinajstić information content (AvgIpc) is 2.00. The van der Waals surface area contributed by atoms with Gasteiger partial charge in [0, 0.05) is 5.92 Å². The average molecular weight is 187 g/mol. The SMILES string of the molecule is CC1C(N)=C(O)C=CC1=S(=O)=O. The molecule has 0 aromatic carbocycles. The predicted octanol–water partition coefficient (Wildman–Crippen LogP) is -0.0279. The maximum absolute atomic E-state index is 10.6. The first-order valence-corrected chi connectivity index (χ1v) is 4.44. The van der Waals surface area contributed by atoms with E-state index in [1.54, 1.807) is 6.92 Å². The summed E-state index contributed by atoms with van der Waals surface area (Å²) in [6, 6.07) is 0. The standard InChI is InChI=1S/C7H9NO3S/c1-4-6(12(10)11)3-2-5(9)7(4)8/h2-4,9H,8H2,1H3. The van der Waals surface area contributed by atoms with Gasteiger partial charge in [-0.15, -0.1) is 0 Å². The van der Waals surface area contributed by atoms with E-state index in [2.05, 4.69) is 0 Å². The second-order valence-corrected chi connectivity index (χ2v) is 3.47. The highest BCUT2D eigenvalue weighted by Crippen LogP contribution is 2.16. The number of aliphatic hydroxyl groups excluding tert-OH is 1. The number of rotatable bonds is 0. The van der Waals surface area contributed by atoms with Crippen LogP contribution in [0.3, 0.4) is 0 Å². The molecule has 0 aromatic heterocycles. The van der Waals surface area contributed by atoms with E-state index in [1.165, 1.54) is 12.2 Å². The van der Waals surface area contributed by atoms with Crippen molar-refractivity contribution in [3.05, 3.63) is 23.6 Å². The molecule has 0 bridgehead atoms. The van der Waals surface area contributed by atoms with E-state index in [9.17, 15) is 8.42 Å². The Hall–Kier alpha value is -1.23. The Bertz CT molecular complexity index is 381. The molecule has 0 spiro atoms. The fourth-order valence-electron chi connectivity index (χ4n) is 0.977. The number of hydrogen-bond donors (Lipinski definition) is 2. The summed E-state index contributed by atoms with van der Waals surface area (Å²) in [5, 5.41) is 9.10. The van der Waals surface area contributed by atoms with Crippen LogP contribution in [-0.2, 0) is 10.3 Å². The number of aliphatic hydroxyl groups is 1. The summed E-state index contributed by atoms with van der Waals surface area (Å²) >= 11 is 0. The fourth-order valence-corrected chi connectivity index (χ4v) is 1.57. The summed E-state index contributed by atoms with van der Waals surface area (Å²) in [7, 11) is -2.26. The van der Waals surface area contributed by atoms with Gasteiger partial charge in [-0.1, -0.05) is 6.92 Å². The Balaban J connectivity index is 3.27. The van der Waals surface area contributed by atoms with Crippen LogP contribution in [0.5, 0.6) is 0 Å². The van der Waals surface area contributed by atoms with Crippen LogP contribution in [0.4, 0.5) is 0 Å². The molecule has 4 nitrogen and oxygen atoms in total. The first-order chi connectivity index (χ1) is 5.54. The molecule has 5 heteroatoms. The highest BCUT2D eigenvalue weighted by atomic mass is 32.2. The van der Waals surface area contributed by atoms with Crippen LogP contribution in [0.1, 0.15) is 6.92 Å². The molecule has 0 radical (unpaired) electrons. The fraction of sp³-hybridized carbons (Fsp3) is 0.286. The Kier molecular flexibility index (Phi) is 2.23. The second kappa shape index (κ2) is 3.02. The summed E-state index contributed by atoms with van der Waals surface area (Å²) in [5.41, 5.74) is 5.63. The summed E-state index contributed by atoms with van der Waals surface area (Å²) in [5.74, 6) is -0.495. The molecule has 3 N–H and O–H groups in total. The third-order valence-electron chi connectivity index (χ3n) is 1.79. The number of nitrogens with two attached hydrogens (primary N) is 1. The maximum Gasteiger partial charge on any atom is 0.217 e. The molecular weight excluding hydrogens is 178 g/mol. The van der Waals surface area contributed by atoms with Crippen LogP contribution in [0, 0.1) is 5.92 Å². The lowest BCUT2D eigenvalue weighted by Crippen LogP contribution is -2.22. The quantitative estimate of drug-likeness (QED) is 0.522. The summed E-state index contributed by atoms with van der Waals surface area (Å²) in [6.07, 6.45) is 2.62. The third-order valence-corrected chi connectivity index (χ3v) is 2.66. The van der Waals surface area contributed by atoms with Gasteiger partial charge in [-0.25, -0.2) is 0 Å². The normalized spacial score (nSPS) is 23.1. The highest BCUT2D eigenvalue weighted by Gasteiger charge is 2.19. The summed E-state index contributed by atoms with van der Waals surface area (Å²) in [4.78, 5) is 0.199. The van der Waals surface area contributed by atoms with Gasteiger partial charge >= 0.3 is 0 Å². The van der Waals surface area contributed by atoms with Gasteiger partial charge in [0.1, 0.15) is 5.76 Å². The van der Waals surface area contributed by atoms with Gasteiger partial charge in [0.25, 0.3) is 0 Å². The molecule has 12 heavy (non-hydrogen) atoms. The van der Waals surface area contributed by atoms with Crippen LogP contribution in [-0.4, -0.2) is 18.4 Å². The smallest absolute Gasteiger partial charge is 0.217 e. The Morgan fingerprint density at radius 3 is 2.58 bits per heavy atom. The largest absolute Gasteiger partial charge is 0.506 e. The zero-order valence-electron chi connectivity index (χ0n) is 6.48. The molecule has 0 heterocycles. The van der Waals surface area contributed by atoms with Gasteiger partial charge in [0.15, 0.2) is 0 Å². The first kappa shape index (κ1) is 8.86. The minimum absolute atomic E-state index is 0.0586. The Morgan fingerprint density at radius 1 is 1.50 bits per heavy atom. The summed E-state index contributed by atoms with van der Waals surface area (Å²) in [6.45, 7) is 1.63. The molecule has 66 valence electrons. The zero-order valence-corrected chi connectivity index (χ0v) is 7.30. The van der Waals surface area contributed by atoms with Crippen molar-refractivity contribution >= 4 is 15.2 Å². The topological polar surface area (TPSA) is 80.4 Å². The van der Waals surface area contributed by atoms with Gasteiger partial charge < -0.3 is 10.8 Å². The van der Waals surface area contributed by atoms with Gasteiger partial charge in [0.2, 0.25) is 10.3 Å². The second-order valence-electron chi connectivity index (χ2n) is 2.53. The number of hydrogen-bond acceptors (Lipinski definition) is 4. The first-order valence-electron chi connectivity index (χ1n) is 3.37. The van der Waals surface area contributed by atoms with Gasteiger partial charge in [0.05, 0.1) is 10.6 Å². The van der Waals surface area contributed by atoms with Crippen LogP contribution in [0.15, 0.2) is 23.6 Å². The van der Waals surface area contributed by atoms with Crippen molar-refractivity contribution in [1.82, 2.24) is 0 Å². The molecule has 0 amide bonds. The van der Waals surface area contributed by atoms with E-state index >= 15 is 0 Å². The monoisotopic (exact) mass is 187 g/mol. The molecular formula is C7H9NO3S. The van der Waals surface area contributed by atoms with Crippen molar-refractivity contribution < 1.29 is 13.5 Å². The minimum atomic E-state index is -2.26. The zero-order chi connectivity index (χ0) is 9.30. The highest BCUT2D eigenvalue weighted by molar-refractivity contribution is 7.73. The van der Waals surface area contributed by atoms with E-state index in [0.717, 1.165) is 0 Å². The lowest BCUT2D eigenvalue weighted by atomic mass is 9.98. The Morgan fingerprint density at radius 2 is 2.08 bits per heavy atom. The molecule has 0 fully saturated rings. The third kappa shape index (κ3) is 1.35. The van der Waals surface area contributed by atoms with Crippen molar-refractivity contribution in [2.45, 2.75) is 6.92 Å². The van der Waals surface area contributed by atoms with Crippen LogP contribution in [0.25, 0.3) is 0 Å². The molecule has 1 rings (SSSR count). The lowest BCUT2D eigenvalue weighted by molar-refractivity contribution is 0.418. The van der Waals surface area contributed by atoms with Gasteiger partial charge in [-0.2, -0.15) is 8.42 Å². The Labute approximate surface area is 71.5 Å².